The first-order valence-electron chi connectivity index (χ1n) is 5.00. The van der Waals surface area contributed by atoms with Gasteiger partial charge in [-0.05, 0) is 0 Å². The van der Waals surface area contributed by atoms with Crippen molar-refractivity contribution < 1.29 is 0 Å². The Morgan fingerprint density at radius 1 is 1.00 bits per heavy atom. The number of halogens is 4. The highest BCUT2D eigenvalue weighted by Crippen LogP contribution is 2.07. The van der Waals surface area contributed by atoms with E-state index in [2.05, 4.69) is 48.9 Å². The molecule has 0 saturated carbocycles. The number of rotatable bonds is 4. The molecule has 0 atom stereocenters. The molecule has 0 aromatic carbocycles. The van der Waals surface area contributed by atoms with E-state index in [4.69, 9.17) is 20.1 Å². The zero-order valence-electron chi connectivity index (χ0n) is 9.33. The van der Waals surface area contributed by atoms with Crippen LogP contribution in [0, 0.1) is 0 Å². The second kappa shape index (κ2) is 24.7. The van der Waals surface area contributed by atoms with Gasteiger partial charge in [0, 0.05) is 0 Å². The van der Waals surface area contributed by atoms with Crippen molar-refractivity contribution >= 4 is 72.1 Å². The van der Waals surface area contributed by atoms with Crippen LogP contribution in [0.15, 0.2) is 0 Å². The number of unbranched alkanes of at least 4 members (excludes halogenated alkanes) is 2. The van der Waals surface area contributed by atoms with Gasteiger partial charge in [0.15, 0.2) is 0 Å². The Balaban J connectivity index is -0.000000147. The van der Waals surface area contributed by atoms with Gasteiger partial charge in [-0.1, -0.05) is 51.7 Å². The average molecular weight is 401 g/mol. The maximum Gasteiger partial charge on any atom is 0.519 e. The van der Waals surface area contributed by atoms with E-state index < -0.39 is 12.3 Å². The summed E-state index contributed by atoms with van der Waals surface area (Å²) in [4.78, 5) is 0. The Hall–Kier alpha value is 2.60. The van der Waals surface area contributed by atoms with Crippen LogP contribution >= 0.6 is 48.2 Å². The average Bonchev–Trinajstić information content (AvgIpc) is 2.16. The zero-order chi connectivity index (χ0) is 11.8. The highest BCUT2D eigenvalue weighted by molar-refractivity contribution is 9.47. The molecule has 0 heterocycles. The summed E-state index contributed by atoms with van der Waals surface area (Å²) in [6, 6.07) is 0. The van der Waals surface area contributed by atoms with Gasteiger partial charge in [-0.2, -0.15) is 0 Å². The highest BCUT2D eigenvalue weighted by Gasteiger charge is 2.07. The Kier molecular flexibility index (Phi) is 38.6. The molecule has 0 saturated heterocycles. The van der Waals surface area contributed by atoms with E-state index in [1.165, 1.54) is 25.7 Å². The second-order valence-corrected chi connectivity index (χ2v) is 15.9. The largest absolute Gasteiger partial charge is 0.519 e. The summed E-state index contributed by atoms with van der Waals surface area (Å²) >= 11 is 5.20. The minimum absolute atomic E-state index is 0.0417. The van der Waals surface area contributed by atoms with Crippen LogP contribution in [-0.2, 0) is 0 Å². The molecular weight excluding hydrogens is 381 g/mol. The maximum absolute atomic E-state index is 5.56. The van der Waals surface area contributed by atoms with Crippen molar-refractivity contribution in [3.8, 4) is 0 Å². The highest BCUT2D eigenvalue weighted by atomic mass is 79.9. The van der Waals surface area contributed by atoms with E-state index in [0.717, 1.165) is 5.28 Å². The molecule has 0 nitrogen and oxygen atoms in total. The monoisotopic (exact) mass is 398 g/mol. The summed E-state index contributed by atoms with van der Waals surface area (Å²) in [5.74, 6) is 0. The minimum Gasteiger partial charge on any atom is -0.234 e. The Bertz CT molecular complexity index is 76.4. The molecule has 0 N–H and O–H groups in total. The van der Waals surface area contributed by atoms with Gasteiger partial charge in [0.05, 0.1) is 0 Å². The van der Waals surface area contributed by atoms with Crippen molar-refractivity contribution in [3.05, 3.63) is 0 Å². The van der Waals surface area contributed by atoms with Crippen LogP contribution in [0.25, 0.3) is 0 Å². The fourth-order valence-corrected chi connectivity index (χ4v) is 2.00. The summed E-state index contributed by atoms with van der Waals surface area (Å²) < 4.78 is 0. The smallest absolute Gasteiger partial charge is 0.234 e. The third-order valence-corrected chi connectivity index (χ3v) is 3.43. The van der Waals surface area contributed by atoms with Crippen LogP contribution < -0.4 is 0 Å². The van der Waals surface area contributed by atoms with Crippen LogP contribution in [0.4, 0.5) is 0 Å². The summed E-state index contributed by atoms with van der Waals surface area (Å²) in [5.41, 5.74) is 0. The third-order valence-electron chi connectivity index (χ3n) is 1.28. The van der Waals surface area contributed by atoms with Crippen LogP contribution in [0.2, 0.25) is 5.28 Å². The zero-order valence-corrected chi connectivity index (χ0v) is 16.6. The van der Waals surface area contributed by atoms with Gasteiger partial charge in [-0.3, -0.25) is 0 Å². The topological polar surface area (TPSA) is 0 Å². The lowest BCUT2D eigenvalue weighted by Crippen LogP contribution is -1.88. The van der Waals surface area contributed by atoms with Crippen LogP contribution in [0.1, 0.15) is 46.5 Å². The molecule has 14 heavy (non-hydrogen) atoms. The van der Waals surface area contributed by atoms with Crippen molar-refractivity contribution in [2.45, 2.75) is 51.7 Å². The lowest BCUT2D eigenvalue weighted by Gasteiger charge is -1.88. The maximum atomic E-state index is 5.56. The molecule has 0 aliphatic rings. The molecule has 0 amide bonds. The molecule has 0 bridgehead atoms. The molecule has 0 aromatic heterocycles. The summed E-state index contributed by atoms with van der Waals surface area (Å²) in [6.07, 6.45) is 5.05. The van der Waals surface area contributed by atoms with Gasteiger partial charge in [0.1, 0.15) is 0 Å². The van der Waals surface area contributed by atoms with Gasteiger partial charge >= 0.3 is 23.9 Å². The molecule has 86 valence electrons. The fraction of sp³-hybridized carbons (Fsp3) is 1.00. The molecule has 0 fully saturated rings. The standard InChI is InChI=1S/C4H10.C4H9.2Al.2BrH.2ClH.H/c2*1-3-4-2;;;;;;;/h3-4H2,1-2H3;1,3-4H2,2H3;;;4*1H;/q;;2*+2;;;;;/p-4. The Morgan fingerprint density at radius 3 is 1.43 bits per heavy atom. The predicted molar refractivity (Wildman–Crippen MR) is 82.8 cm³/mol. The first-order chi connectivity index (χ1) is 6.60. The molecule has 0 spiro atoms. The van der Waals surface area contributed by atoms with Crippen molar-refractivity contribution in [2.75, 3.05) is 0 Å². The quantitative estimate of drug-likeness (QED) is 0.539. The Morgan fingerprint density at radius 2 is 1.36 bits per heavy atom. The van der Waals surface area contributed by atoms with Crippen molar-refractivity contribution in [2.24, 2.45) is 0 Å². The molecule has 0 radical (unpaired) electrons. The summed E-state index contributed by atoms with van der Waals surface area (Å²) in [5, 5.41) is 1.07. The van der Waals surface area contributed by atoms with Crippen molar-refractivity contribution in [1.82, 2.24) is 0 Å². The number of hydrogen-bond donors (Lipinski definition) is 0. The molecule has 0 aromatic rings. The van der Waals surface area contributed by atoms with Gasteiger partial charge < -0.3 is 0 Å². The van der Waals surface area contributed by atoms with E-state index in [1.807, 2.05) is 0 Å². The van der Waals surface area contributed by atoms with Crippen molar-refractivity contribution in [1.29, 1.82) is 0 Å². The molecule has 0 aliphatic heterocycles. The van der Waals surface area contributed by atoms with E-state index in [-0.39, 0.29) is 11.6 Å². The third kappa shape index (κ3) is 46.7. The van der Waals surface area contributed by atoms with E-state index >= 15 is 0 Å². The van der Waals surface area contributed by atoms with E-state index in [0.29, 0.717) is 0 Å². The van der Waals surface area contributed by atoms with Crippen molar-refractivity contribution in [3.63, 3.8) is 0 Å². The molecule has 0 aliphatic carbocycles. The van der Waals surface area contributed by atoms with Gasteiger partial charge in [0.25, 0.3) is 0 Å². The normalized spacial score (nSPS) is 7.64. The Labute approximate surface area is 122 Å². The second-order valence-electron chi connectivity index (χ2n) is 2.63. The minimum atomic E-state index is -1.24. The lowest BCUT2D eigenvalue weighted by atomic mass is 10.4. The van der Waals surface area contributed by atoms with Crippen LogP contribution in [0.5, 0.6) is 0 Å². The van der Waals surface area contributed by atoms with E-state index in [9.17, 15) is 0 Å². The first kappa shape index (κ1) is 21.8. The molecule has 6 heteroatoms. The summed E-state index contributed by atoms with van der Waals surface area (Å²) in [7, 11) is 11.1. The van der Waals surface area contributed by atoms with Gasteiger partial charge in [0.2, 0.25) is 0 Å². The predicted octanol–water partition coefficient (Wildman–Crippen LogP) is 5.60. The first-order valence-corrected chi connectivity index (χ1v) is 17.1. The van der Waals surface area contributed by atoms with Gasteiger partial charge in [-0.25, -0.2) is 48.2 Å². The van der Waals surface area contributed by atoms with Gasteiger partial charge in [-0.15, -0.1) is 0 Å². The SMILES string of the molecule is CCCC.CCC[CH2][Al]([Cl])[Cl].[Br][AlH][Br]. The van der Waals surface area contributed by atoms with Crippen LogP contribution in [-0.4, -0.2) is 23.9 Å². The summed E-state index contributed by atoms with van der Waals surface area (Å²) in [6.45, 7) is 6.50. The molecule has 0 rings (SSSR count). The molecular formula is C8H20Al2Br2Cl2. The fourth-order valence-electron chi connectivity index (χ4n) is 0.358. The lowest BCUT2D eigenvalue weighted by molar-refractivity contribution is 0.881. The van der Waals surface area contributed by atoms with Crippen LogP contribution in [0.3, 0.4) is 0 Å². The van der Waals surface area contributed by atoms with E-state index in [1.54, 1.807) is 0 Å². The molecule has 0 unspecified atom stereocenters. The number of hydrogen-bond acceptors (Lipinski definition) is 0.